The summed E-state index contributed by atoms with van der Waals surface area (Å²) in [5, 5.41) is 12.0. The minimum Gasteiger partial charge on any atom is -0.347 e. The number of benzene rings is 1. The van der Waals surface area contributed by atoms with Crippen molar-refractivity contribution in [3.8, 4) is 0 Å². The molecular weight excluding hydrogens is 280 g/mol. The summed E-state index contributed by atoms with van der Waals surface area (Å²) in [5.41, 5.74) is 2.06. The van der Waals surface area contributed by atoms with Crippen molar-refractivity contribution in [3.63, 3.8) is 0 Å². The third-order valence-corrected chi connectivity index (χ3v) is 3.45. The van der Waals surface area contributed by atoms with Crippen molar-refractivity contribution < 1.29 is 9.59 Å². The van der Waals surface area contributed by atoms with Crippen molar-refractivity contribution in [1.29, 1.82) is 0 Å². The number of hydrogen-bond acceptors (Lipinski definition) is 3. The number of rotatable bonds is 6. The molecule has 2 aromatic rings. The van der Waals surface area contributed by atoms with Crippen LogP contribution in [0.2, 0.25) is 0 Å². The first-order valence-electron chi connectivity index (χ1n) is 7.27. The van der Waals surface area contributed by atoms with Crippen molar-refractivity contribution in [1.82, 2.24) is 15.5 Å². The number of nitrogens with zero attached hydrogens (tertiary/aromatic N) is 1. The van der Waals surface area contributed by atoms with E-state index in [0.29, 0.717) is 12.2 Å². The molecule has 1 heterocycles. The predicted octanol–water partition coefficient (Wildman–Crippen LogP) is 2.32. The Labute approximate surface area is 129 Å². The van der Waals surface area contributed by atoms with Gasteiger partial charge in [0.05, 0.1) is 0 Å². The fourth-order valence-corrected chi connectivity index (χ4v) is 1.87. The first-order valence-corrected chi connectivity index (χ1v) is 7.27. The lowest BCUT2D eigenvalue weighted by Crippen LogP contribution is -2.23. The molecule has 0 bridgehead atoms. The molecular formula is C16H20N4O2. The molecule has 1 unspecified atom stereocenters. The molecule has 0 radical (unpaired) electrons. The fourth-order valence-electron chi connectivity index (χ4n) is 1.87. The molecule has 6 heteroatoms. The van der Waals surface area contributed by atoms with Crippen molar-refractivity contribution in [2.45, 2.75) is 26.8 Å². The Morgan fingerprint density at radius 2 is 2.14 bits per heavy atom. The van der Waals surface area contributed by atoms with Gasteiger partial charge in [0.2, 0.25) is 5.91 Å². The van der Waals surface area contributed by atoms with Gasteiger partial charge in [-0.05, 0) is 30.2 Å². The number of aromatic nitrogens is 2. The summed E-state index contributed by atoms with van der Waals surface area (Å²) in [5.74, 6) is -0.239. The van der Waals surface area contributed by atoms with E-state index in [-0.39, 0.29) is 17.7 Å². The molecule has 116 valence electrons. The Hall–Kier alpha value is -2.63. The molecule has 0 saturated carbocycles. The molecule has 1 aromatic carbocycles. The van der Waals surface area contributed by atoms with E-state index in [4.69, 9.17) is 0 Å². The third-order valence-electron chi connectivity index (χ3n) is 3.45. The average molecular weight is 300 g/mol. The number of aromatic amines is 1. The van der Waals surface area contributed by atoms with Gasteiger partial charge < -0.3 is 10.6 Å². The second-order valence-corrected chi connectivity index (χ2v) is 5.15. The van der Waals surface area contributed by atoms with Gasteiger partial charge in [-0.15, -0.1) is 0 Å². The van der Waals surface area contributed by atoms with Gasteiger partial charge in [-0.2, -0.15) is 5.10 Å². The molecule has 0 spiro atoms. The molecule has 0 saturated heterocycles. The minimum absolute atomic E-state index is 0.00106. The van der Waals surface area contributed by atoms with Crippen LogP contribution in [0.5, 0.6) is 0 Å². The lowest BCUT2D eigenvalue weighted by atomic mass is 10.1. The number of carbonyl (C=O) groups is 2. The molecule has 3 N–H and O–H groups in total. The second kappa shape index (κ2) is 7.40. The maximum Gasteiger partial charge on any atom is 0.269 e. The Bertz CT molecular complexity index is 637. The van der Waals surface area contributed by atoms with Crippen LogP contribution in [-0.2, 0) is 11.3 Å². The summed E-state index contributed by atoms with van der Waals surface area (Å²) < 4.78 is 0. The SMILES string of the molecule is CCC(C)C(=O)Nc1cccc(CNC(=O)c2ccn[nH]2)c1. The molecule has 0 aliphatic carbocycles. The van der Waals surface area contributed by atoms with Crippen molar-refractivity contribution in [2.24, 2.45) is 5.92 Å². The van der Waals surface area contributed by atoms with E-state index < -0.39 is 0 Å². The maximum absolute atomic E-state index is 11.9. The molecule has 0 aliphatic heterocycles. The van der Waals surface area contributed by atoms with Crippen LogP contribution in [0, 0.1) is 5.92 Å². The lowest BCUT2D eigenvalue weighted by molar-refractivity contribution is -0.119. The largest absolute Gasteiger partial charge is 0.347 e. The van der Waals surface area contributed by atoms with Crippen molar-refractivity contribution in [2.75, 3.05) is 5.32 Å². The summed E-state index contributed by atoms with van der Waals surface area (Å²) in [7, 11) is 0. The molecule has 0 aliphatic rings. The van der Waals surface area contributed by atoms with Crippen LogP contribution in [0.4, 0.5) is 5.69 Å². The standard InChI is InChI=1S/C16H20N4O2/c1-3-11(2)15(21)19-13-6-4-5-12(9-13)10-17-16(22)14-7-8-18-20-14/h4-9,11H,3,10H2,1-2H3,(H,17,22)(H,18,20)(H,19,21). The van der Waals surface area contributed by atoms with E-state index in [1.807, 2.05) is 38.1 Å². The van der Waals surface area contributed by atoms with Crippen molar-refractivity contribution >= 4 is 17.5 Å². The lowest BCUT2D eigenvalue weighted by Gasteiger charge is -2.11. The van der Waals surface area contributed by atoms with E-state index in [2.05, 4.69) is 20.8 Å². The van der Waals surface area contributed by atoms with Crippen LogP contribution in [0.1, 0.15) is 36.3 Å². The average Bonchev–Trinajstić information content (AvgIpc) is 3.06. The van der Waals surface area contributed by atoms with Gasteiger partial charge in [-0.1, -0.05) is 26.0 Å². The zero-order valence-electron chi connectivity index (χ0n) is 12.7. The second-order valence-electron chi connectivity index (χ2n) is 5.15. The molecule has 6 nitrogen and oxygen atoms in total. The predicted molar refractivity (Wildman–Crippen MR) is 84.3 cm³/mol. The van der Waals surface area contributed by atoms with Gasteiger partial charge in [-0.25, -0.2) is 0 Å². The smallest absolute Gasteiger partial charge is 0.269 e. The molecule has 1 atom stereocenters. The van der Waals surface area contributed by atoms with Crippen LogP contribution >= 0.6 is 0 Å². The van der Waals surface area contributed by atoms with Crippen LogP contribution in [0.15, 0.2) is 36.5 Å². The molecule has 2 rings (SSSR count). The monoisotopic (exact) mass is 300 g/mol. The minimum atomic E-state index is -0.216. The van der Waals surface area contributed by atoms with E-state index in [1.54, 1.807) is 6.07 Å². The summed E-state index contributed by atoms with van der Waals surface area (Å²) in [6.07, 6.45) is 2.33. The Kier molecular flexibility index (Phi) is 5.30. The van der Waals surface area contributed by atoms with Gasteiger partial charge in [0, 0.05) is 24.3 Å². The highest BCUT2D eigenvalue weighted by Crippen LogP contribution is 2.13. The van der Waals surface area contributed by atoms with Gasteiger partial charge in [0.15, 0.2) is 0 Å². The van der Waals surface area contributed by atoms with E-state index in [0.717, 1.165) is 17.7 Å². The number of nitrogens with one attached hydrogen (secondary N) is 3. The fraction of sp³-hybridized carbons (Fsp3) is 0.312. The Morgan fingerprint density at radius 3 is 2.82 bits per heavy atom. The van der Waals surface area contributed by atoms with E-state index in [1.165, 1.54) is 6.20 Å². The van der Waals surface area contributed by atoms with Crippen molar-refractivity contribution in [3.05, 3.63) is 47.8 Å². The highest BCUT2D eigenvalue weighted by atomic mass is 16.2. The number of anilines is 1. The first kappa shape index (κ1) is 15.8. The quantitative estimate of drug-likeness (QED) is 0.765. The van der Waals surface area contributed by atoms with E-state index >= 15 is 0 Å². The summed E-state index contributed by atoms with van der Waals surface area (Å²) in [6.45, 7) is 4.25. The number of amides is 2. The van der Waals surface area contributed by atoms with Crippen LogP contribution < -0.4 is 10.6 Å². The van der Waals surface area contributed by atoms with Gasteiger partial charge in [-0.3, -0.25) is 14.7 Å². The van der Waals surface area contributed by atoms with Crippen LogP contribution in [-0.4, -0.2) is 22.0 Å². The topological polar surface area (TPSA) is 86.9 Å². The van der Waals surface area contributed by atoms with Crippen LogP contribution in [0.3, 0.4) is 0 Å². The highest BCUT2D eigenvalue weighted by Gasteiger charge is 2.11. The normalized spacial score (nSPS) is 11.7. The summed E-state index contributed by atoms with van der Waals surface area (Å²) in [4.78, 5) is 23.7. The molecule has 22 heavy (non-hydrogen) atoms. The number of carbonyl (C=O) groups excluding carboxylic acids is 2. The Balaban J connectivity index is 1.94. The zero-order valence-corrected chi connectivity index (χ0v) is 12.7. The Morgan fingerprint density at radius 1 is 1.32 bits per heavy atom. The van der Waals surface area contributed by atoms with E-state index in [9.17, 15) is 9.59 Å². The number of hydrogen-bond donors (Lipinski definition) is 3. The van der Waals surface area contributed by atoms with Gasteiger partial charge in [0.1, 0.15) is 5.69 Å². The third kappa shape index (κ3) is 4.18. The van der Waals surface area contributed by atoms with Crippen LogP contribution in [0.25, 0.3) is 0 Å². The maximum atomic E-state index is 11.9. The first-order chi connectivity index (χ1) is 10.6. The summed E-state index contributed by atoms with van der Waals surface area (Å²) in [6, 6.07) is 9.04. The molecule has 2 amide bonds. The highest BCUT2D eigenvalue weighted by molar-refractivity contribution is 5.93. The van der Waals surface area contributed by atoms with Gasteiger partial charge in [0.25, 0.3) is 5.91 Å². The zero-order chi connectivity index (χ0) is 15.9. The summed E-state index contributed by atoms with van der Waals surface area (Å²) >= 11 is 0. The molecule has 0 fully saturated rings. The number of H-pyrrole nitrogens is 1. The van der Waals surface area contributed by atoms with Gasteiger partial charge >= 0.3 is 0 Å². The molecule has 1 aromatic heterocycles.